The quantitative estimate of drug-likeness (QED) is 0.207. The van der Waals surface area contributed by atoms with Crippen molar-refractivity contribution in [1.29, 1.82) is 0 Å². The number of benzene rings is 1. The van der Waals surface area contributed by atoms with E-state index in [0.717, 1.165) is 10.7 Å². The third-order valence-corrected chi connectivity index (χ3v) is 5.23. The molecule has 0 saturated heterocycles. The molecule has 3 rings (SSSR count). The lowest BCUT2D eigenvalue weighted by atomic mass is 10.0. The van der Waals surface area contributed by atoms with Gasteiger partial charge in [0.15, 0.2) is 5.69 Å². The largest absolute Gasteiger partial charge is 0.435 e. The molecule has 0 atom stereocenters. The van der Waals surface area contributed by atoms with Crippen LogP contribution in [0.15, 0.2) is 23.3 Å². The molecule has 1 amide bonds. The number of carbonyl (C=O) groups excluding carboxylic acids is 1. The Balaban J connectivity index is 1.88. The van der Waals surface area contributed by atoms with Gasteiger partial charge in [0.05, 0.1) is 18.8 Å². The number of rotatable bonds is 5. The highest BCUT2D eigenvalue weighted by atomic mass is 35.5. The van der Waals surface area contributed by atoms with Gasteiger partial charge in [-0.1, -0.05) is 17.7 Å². The van der Waals surface area contributed by atoms with Gasteiger partial charge >= 0.3 is 6.18 Å². The number of carbonyl (C=O) groups is 1. The summed E-state index contributed by atoms with van der Waals surface area (Å²) in [5, 5.41) is 7.27. The van der Waals surface area contributed by atoms with E-state index in [1.165, 1.54) is 17.0 Å². The lowest BCUT2D eigenvalue weighted by Crippen LogP contribution is -2.38. The minimum Gasteiger partial charge on any atom is -0.336 e. The molecular formula is C18H20ClF4N7O. The van der Waals surface area contributed by atoms with Crippen LogP contribution in [0.5, 0.6) is 0 Å². The summed E-state index contributed by atoms with van der Waals surface area (Å²) in [6, 6.07) is 3.91. The summed E-state index contributed by atoms with van der Waals surface area (Å²) in [7, 11) is 0. The first-order valence-electron chi connectivity index (χ1n) is 9.24. The Hall–Kier alpha value is -2.86. The molecule has 8 nitrogen and oxygen atoms in total. The van der Waals surface area contributed by atoms with Crippen molar-refractivity contribution < 1.29 is 22.4 Å². The number of fused-ring (bicyclic) bond motifs is 1. The number of hydrazone groups is 1. The van der Waals surface area contributed by atoms with E-state index in [2.05, 4.69) is 15.6 Å². The molecule has 13 heteroatoms. The van der Waals surface area contributed by atoms with Crippen molar-refractivity contribution in [2.45, 2.75) is 38.5 Å². The summed E-state index contributed by atoms with van der Waals surface area (Å²) in [5.74, 6) is 9.62. The minimum absolute atomic E-state index is 0.0127. The zero-order chi connectivity index (χ0) is 22.8. The first-order valence-corrected chi connectivity index (χ1v) is 9.62. The van der Waals surface area contributed by atoms with Gasteiger partial charge in [0.2, 0.25) is 5.91 Å². The van der Waals surface area contributed by atoms with Crippen LogP contribution in [0.2, 0.25) is 5.02 Å². The maximum absolute atomic E-state index is 14.2. The van der Waals surface area contributed by atoms with Crippen LogP contribution in [0.25, 0.3) is 0 Å². The Morgan fingerprint density at radius 2 is 2.06 bits per heavy atom. The van der Waals surface area contributed by atoms with Crippen LogP contribution in [0.3, 0.4) is 0 Å². The average Bonchev–Trinajstić information content (AvgIpc) is 3.09. The van der Waals surface area contributed by atoms with Crippen LogP contribution in [0.4, 0.5) is 17.6 Å². The second-order valence-corrected chi connectivity index (χ2v) is 7.39. The SMILES string of the molecule is N/N=C(/CCC(=O)N1CCc2c(C(F)(F)F)nn(Cc3ccc(Cl)cc3F)c2C1)NN. The summed E-state index contributed by atoms with van der Waals surface area (Å²) in [5.41, 5.74) is 1.60. The van der Waals surface area contributed by atoms with E-state index >= 15 is 0 Å². The number of nitrogens with two attached hydrogens (primary N) is 2. The highest BCUT2D eigenvalue weighted by Gasteiger charge is 2.40. The molecule has 0 bridgehead atoms. The number of amides is 1. The van der Waals surface area contributed by atoms with Gasteiger partial charge in [0, 0.05) is 35.5 Å². The van der Waals surface area contributed by atoms with Gasteiger partial charge in [0.25, 0.3) is 0 Å². The molecule has 0 fully saturated rings. The van der Waals surface area contributed by atoms with Gasteiger partial charge in [-0.3, -0.25) is 9.48 Å². The van der Waals surface area contributed by atoms with Crippen molar-refractivity contribution in [3.63, 3.8) is 0 Å². The van der Waals surface area contributed by atoms with Crippen molar-refractivity contribution in [1.82, 2.24) is 20.1 Å². The molecule has 1 aromatic heterocycles. The first-order chi connectivity index (χ1) is 14.6. The fourth-order valence-electron chi connectivity index (χ4n) is 3.42. The van der Waals surface area contributed by atoms with E-state index in [0.29, 0.717) is 0 Å². The van der Waals surface area contributed by atoms with Crippen LogP contribution in [-0.2, 0) is 30.5 Å². The smallest absolute Gasteiger partial charge is 0.336 e. The van der Waals surface area contributed by atoms with E-state index in [1.807, 2.05) is 0 Å². The van der Waals surface area contributed by atoms with Crippen LogP contribution in [0, 0.1) is 5.82 Å². The average molecular weight is 462 g/mol. The number of alkyl halides is 3. The van der Waals surface area contributed by atoms with Gasteiger partial charge < -0.3 is 16.2 Å². The number of amidine groups is 1. The molecule has 1 aromatic carbocycles. The first kappa shape index (κ1) is 22.8. The Bertz CT molecular complexity index is 1010. The van der Waals surface area contributed by atoms with Crippen LogP contribution in [0.1, 0.15) is 35.4 Å². The maximum atomic E-state index is 14.2. The fourth-order valence-corrected chi connectivity index (χ4v) is 3.58. The van der Waals surface area contributed by atoms with Gasteiger partial charge in [0.1, 0.15) is 11.7 Å². The normalized spacial score (nSPS) is 14.5. The number of hydrogen-bond acceptors (Lipinski definition) is 5. The van der Waals surface area contributed by atoms with Crippen LogP contribution >= 0.6 is 11.6 Å². The van der Waals surface area contributed by atoms with Crippen molar-refractivity contribution in [2.24, 2.45) is 16.8 Å². The summed E-state index contributed by atoms with van der Waals surface area (Å²) in [4.78, 5) is 14.0. The molecule has 2 heterocycles. The number of nitrogens with zero attached hydrogens (tertiary/aromatic N) is 4. The highest BCUT2D eigenvalue weighted by Crippen LogP contribution is 2.35. The lowest BCUT2D eigenvalue weighted by molar-refractivity contribution is -0.142. The summed E-state index contributed by atoms with van der Waals surface area (Å²) in [6.07, 6.45) is -4.52. The topological polar surface area (TPSA) is 115 Å². The minimum atomic E-state index is -4.67. The zero-order valence-corrected chi connectivity index (χ0v) is 17.0. The van der Waals surface area contributed by atoms with Crippen molar-refractivity contribution in [3.8, 4) is 0 Å². The van der Waals surface area contributed by atoms with E-state index in [1.54, 1.807) is 0 Å². The van der Waals surface area contributed by atoms with E-state index in [9.17, 15) is 22.4 Å². The predicted octanol–water partition coefficient (Wildman–Crippen LogP) is 2.14. The molecule has 168 valence electrons. The zero-order valence-electron chi connectivity index (χ0n) is 16.2. The van der Waals surface area contributed by atoms with E-state index < -0.39 is 17.7 Å². The molecule has 31 heavy (non-hydrogen) atoms. The van der Waals surface area contributed by atoms with Gasteiger partial charge in [-0.2, -0.15) is 23.4 Å². The van der Waals surface area contributed by atoms with Gasteiger partial charge in [-0.05, 0) is 18.6 Å². The molecule has 0 spiro atoms. The maximum Gasteiger partial charge on any atom is 0.435 e. The third kappa shape index (κ3) is 5.07. The fraction of sp³-hybridized carbons (Fsp3) is 0.389. The molecule has 0 unspecified atom stereocenters. The van der Waals surface area contributed by atoms with E-state index in [-0.39, 0.29) is 72.5 Å². The second-order valence-electron chi connectivity index (χ2n) is 6.95. The third-order valence-electron chi connectivity index (χ3n) is 4.99. The standard InChI is InChI=1S/C18H20ClF4N7O/c19-11-2-1-10(13(20)7-11)8-30-14-9-29(16(31)4-3-15(26-24)27-25)6-5-12(14)17(28-30)18(21,22)23/h1-2,7H,3-6,8-9,24-25H2,(H,26,27). The Morgan fingerprint density at radius 1 is 1.32 bits per heavy atom. The Labute approximate surface area is 179 Å². The number of halogens is 5. The highest BCUT2D eigenvalue weighted by molar-refractivity contribution is 6.30. The van der Waals surface area contributed by atoms with Crippen molar-refractivity contribution >= 4 is 23.3 Å². The van der Waals surface area contributed by atoms with Crippen molar-refractivity contribution in [3.05, 3.63) is 51.6 Å². The molecule has 0 radical (unpaired) electrons. The lowest BCUT2D eigenvalue weighted by Gasteiger charge is -2.28. The molecule has 0 aliphatic carbocycles. The Morgan fingerprint density at radius 3 is 2.68 bits per heavy atom. The second kappa shape index (κ2) is 9.10. The van der Waals surface area contributed by atoms with Gasteiger partial charge in [-0.25, -0.2) is 10.2 Å². The van der Waals surface area contributed by atoms with Gasteiger partial charge in [-0.15, -0.1) is 0 Å². The van der Waals surface area contributed by atoms with Crippen LogP contribution < -0.4 is 17.1 Å². The predicted molar refractivity (Wildman–Crippen MR) is 105 cm³/mol. The van der Waals surface area contributed by atoms with Crippen molar-refractivity contribution in [2.75, 3.05) is 6.54 Å². The molecule has 2 aromatic rings. The molecule has 1 aliphatic rings. The molecule has 5 N–H and O–H groups in total. The summed E-state index contributed by atoms with van der Waals surface area (Å²) < 4.78 is 55.8. The van der Waals surface area contributed by atoms with Crippen LogP contribution in [-0.4, -0.2) is 33.0 Å². The number of aromatic nitrogens is 2. The number of hydrazine groups is 1. The Kier molecular flexibility index (Phi) is 6.70. The summed E-state index contributed by atoms with van der Waals surface area (Å²) >= 11 is 5.74. The molecule has 1 aliphatic heterocycles. The number of nitrogens with one attached hydrogen (secondary N) is 1. The summed E-state index contributed by atoms with van der Waals surface area (Å²) in [6.45, 7) is -0.219. The van der Waals surface area contributed by atoms with E-state index in [4.69, 9.17) is 23.3 Å². The monoisotopic (exact) mass is 461 g/mol. The molecule has 0 saturated carbocycles. The molecular weight excluding hydrogens is 442 g/mol. The number of hydrogen-bond donors (Lipinski definition) is 3.